The second-order valence-corrected chi connectivity index (χ2v) is 4.68. The fourth-order valence-electron chi connectivity index (χ4n) is 1.91. The second-order valence-electron chi connectivity index (χ2n) is 3.65. The minimum absolute atomic E-state index is 0.117. The highest BCUT2D eigenvalue weighted by atomic mass is 32.2. The van der Waals surface area contributed by atoms with Crippen LogP contribution in [0.2, 0.25) is 0 Å². The average Bonchev–Trinajstić information content (AvgIpc) is 2.17. The van der Waals surface area contributed by atoms with Crippen molar-refractivity contribution in [1.29, 1.82) is 0 Å². The molecule has 1 aliphatic heterocycles. The summed E-state index contributed by atoms with van der Waals surface area (Å²) in [5, 5.41) is 3.23. The number of halogens is 1. The lowest BCUT2D eigenvalue weighted by Gasteiger charge is -2.26. The summed E-state index contributed by atoms with van der Waals surface area (Å²) in [6.07, 6.45) is 0. The minimum atomic E-state index is -0.117. The molecule has 0 radical (unpaired) electrons. The number of benzene rings is 1. The summed E-state index contributed by atoms with van der Waals surface area (Å²) in [5.74, 6) is 1.93. The van der Waals surface area contributed by atoms with Gasteiger partial charge < -0.3 is 5.32 Å². The van der Waals surface area contributed by atoms with Crippen LogP contribution in [0.15, 0.2) is 12.1 Å². The average molecular weight is 211 g/mol. The molecule has 1 aliphatic rings. The first-order valence-corrected chi connectivity index (χ1v) is 5.91. The predicted octanol–water partition coefficient (Wildman–Crippen LogP) is 2.64. The molecule has 0 aliphatic carbocycles. The van der Waals surface area contributed by atoms with Crippen molar-refractivity contribution >= 4 is 11.8 Å². The minimum Gasteiger partial charge on any atom is -0.312 e. The molecule has 1 unspecified atom stereocenters. The van der Waals surface area contributed by atoms with E-state index in [-0.39, 0.29) is 5.82 Å². The van der Waals surface area contributed by atoms with Gasteiger partial charge in [-0.1, -0.05) is 0 Å². The molecule has 0 fully saturated rings. The van der Waals surface area contributed by atoms with Gasteiger partial charge in [0.25, 0.3) is 0 Å². The van der Waals surface area contributed by atoms with Gasteiger partial charge in [0.2, 0.25) is 0 Å². The third-order valence-corrected chi connectivity index (χ3v) is 3.79. The molecular formula is C11H14FNS. The highest BCUT2D eigenvalue weighted by molar-refractivity contribution is 7.98. The van der Waals surface area contributed by atoms with Gasteiger partial charge in [-0.15, -0.1) is 0 Å². The molecule has 1 nitrogen and oxygen atoms in total. The Labute approximate surface area is 88.1 Å². The molecule has 76 valence electrons. The van der Waals surface area contributed by atoms with E-state index < -0.39 is 0 Å². The standard InChI is InChI=1S/C11H14FNS/c1-7-3-8(12)4-9-10(7)5-14-6-11(9)13-2/h3-4,11,13H,5-6H2,1-2H3. The van der Waals surface area contributed by atoms with Gasteiger partial charge in [0.1, 0.15) is 5.82 Å². The summed E-state index contributed by atoms with van der Waals surface area (Å²) >= 11 is 1.91. The Morgan fingerprint density at radius 3 is 3.00 bits per heavy atom. The van der Waals surface area contributed by atoms with E-state index in [9.17, 15) is 4.39 Å². The summed E-state index contributed by atoms with van der Waals surface area (Å²) < 4.78 is 13.2. The van der Waals surface area contributed by atoms with Gasteiger partial charge in [-0.2, -0.15) is 11.8 Å². The van der Waals surface area contributed by atoms with Crippen LogP contribution >= 0.6 is 11.8 Å². The number of thioether (sulfide) groups is 1. The van der Waals surface area contributed by atoms with E-state index >= 15 is 0 Å². The van der Waals surface area contributed by atoms with E-state index in [1.807, 2.05) is 25.7 Å². The Kier molecular flexibility index (Phi) is 2.79. The maximum atomic E-state index is 13.2. The maximum Gasteiger partial charge on any atom is 0.123 e. The van der Waals surface area contributed by atoms with E-state index in [1.54, 1.807) is 12.1 Å². The van der Waals surface area contributed by atoms with Crippen molar-refractivity contribution in [2.75, 3.05) is 12.8 Å². The molecule has 2 rings (SSSR count). The molecule has 1 atom stereocenters. The predicted molar refractivity (Wildman–Crippen MR) is 59.1 cm³/mol. The number of rotatable bonds is 1. The lowest BCUT2D eigenvalue weighted by molar-refractivity contribution is 0.604. The monoisotopic (exact) mass is 211 g/mol. The molecule has 1 aromatic carbocycles. The molecule has 1 N–H and O–H groups in total. The second kappa shape index (κ2) is 3.91. The van der Waals surface area contributed by atoms with Crippen LogP contribution in [0.4, 0.5) is 4.39 Å². The number of hydrogen-bond donors (Lipinski definition) is 1. The summed E-state index contributed by atoms with van der Waals surface area (Å²) in [6, 6.07) is 3.60. The topological polar surface area (TPSA) is 12.0 Å². The van der Waals surface area contributed by atoms with E-state index in [2.05, 4.69) is 5.32 Å². The van der Waals surface area contributed by atoms with Crippen LogP contribution in [-0.4, -0.2) is 12.8 Å². The van der Waals surface area contributed by atoms with Crippen LogP contribution in [0.25, 0.3) is 0 Å². The van der Waals surface area contributed by atoms with Crippen molar-refractivity contribution in [2.45, 2.75) is 18.7 Å². The molecule has 1 aromatic rings. The third-order valence-electron chi connectivity index (χ3n) is 2.73. The van der Waals surface area contributed by atoms with Crippen molar-refractivity contribution in [3.05, 3.63) is 34.6 Å². The van der Waals surface area contributed by atoms with Gasteiger partial charge >= 0.3 is 0 Å². The number of nitrogens with one attached hydrogen (secondary N) is 1. The zero-order chi connectivity index (χ0) is 10.1. The molecular weight excluding hydrogens is 197 g/mol. The molecule has 0 saturated heterocycles. The number of aryl methyl sites for hydroxylation is 1. The summed E-state index contributed by atoms with van der Waals surface area (Å²) in [4.78, 5) is 0. The molecule has 0 amide bonds. The Hall–Kier alpha value is -0.540. The Balaban J connectivity index is 2.51. The molecule has 14 heavy (non-hydrogen) atoms. The van der Waals surface area contributed by atoms with Crippen molar-refractivity contribution in [3.63, 3.8) is 0 Å². The highest BCUT2D eigenvalue weighted by Gasteiger charge is 2.21. The molecule has 3 heteroatoms. The third kappa shape index (κ3) is 1.66. The lowest BCUT2D eigenvalue weighted by Crippen LogP contribution is -2.23. The Bertz CT molecular complexity index is 351. The van der Waals surface area contributed by atoms with Gasteiger partial charge in [-0.05, 0) is 42.8 Å². The van der Waals surface area contributed by atoms with E-state index in [0.29, 0.717) is 6.04 Å². The summed E-state index contributed by atoms with van der Waals surface area (Å²) in [7, 11) is 1.93. The molecule has 1 heterocycles. The smallest absolute Gasteiger partial charge is 0.123 e. The molecule has 0 bridgehead atoms. The van der Waals surface area contributed by atoms with Crippen LogP contribution in [-0.2, 0) is 5.75 Å². The van der Waals surface area contributed by atoms with E-state index in [0.717, 1.165) is 22.6 Å². The zero-order valence-corrected chi connectivity index (χ0v) is 9.25. The first-order valence-electron chi connectivity index (χ1n) is 4.76. The van der Waals surface area contributed by atoms with Gasteiger partial charge in [0, 0.05) is 17.5 Å². The quantitative estimate of drug-likeness (QED) is 0.766. The fraction of sp³-hybridized carbons (Fsp3) is 0.455. The van der Waals surface area contributed by atoms with Crippen molar-refractivity contribution in [1.82, 2.24) is 5.32 Å². The van der Waals surface area contributed by atoms with Gasteiger partial charge in [0.05, 0.1) is 0 Å². The zero-order valence-electron chi connectivity index (χ0n) is 8.43. The number of fused-ring (bicyclic) bond motifs is 1. The number of hydrogen-bond acceptors (Lipinski definition) is 2. The van der Waals surface area contributed by atoms with Crippen molar-refractivity contribution < 1.29 is 4.39 Å². The fourth-order valence-corrected chi connectivity index (χ4v) is 3.21. The SMILES string of the molecule is CNC1CSCc2c(C)cc(F)cc21. The van der Waals surface area contributed by atoms with Gasteiger partial charge in [-0.25, -0.2) is 4.39 Å². The largest absolute Gasteiger partial charge is 0.312 e. The maximum absolute atomic E-state index is 13.2. The van der Waals surface area contributed by atoms with Crippen LogP contribution in [0.3, 0.4) is 0 Å². The first-order chi connectivity index (χ1) is 6.72. The van der Waals surface area contributed by atoms with E-state index in [1.165, 1.54) is 5.56 Å². The Morgan fingerprint density at radius 2 is 2.29 bits per heavy atom. The van der Waals surface area contributed by atoms with Crippen LogP contribution in [0.5, 0.6) is 0 Å². The summed E-state index contributed by atoms with van der Waals surface area (Å²) in [6.45, 7) is 1.99. The lowest BCUT2D eigenvalue weighted by atomic mass is 9.97. The van der Waals surface area contributed by atoms with Crippen LogP contribution in [0, 0.1) is 12.7 Å². The van der Waals surface area contributed by atoms with Crippen molar-refractivity contribution in [3.8, 4) is 0 Å². The van der Waals surface area contributed by atoms with Gasteiger partial charge in [0.15, 0.2) is 0 Å². The normalized spacial score (nSPS) is 20.6. The summed E-state index contributed by atoms with van der Waals surface area (Å²) in [5.41, 5.74) is 3.53. The highest BCUT2D eigenvalue weighted by Crippen LogP contribution is 2.33. The van der Waals surface area contributed by atoms with Crippen molar-refractivity contribution in [2.24, 2.45) is 0 Å². The van der Waals surface area contributed by atoms with Crippen LogP contribution < -0.4 is 5.32 Å². The first kappa shape index (κ1) is 9.99. The van der Waals surface area contributed by atoms with Gasteiger partial charge in [-0.3, -0.25) is 0 Å². The van der Waals surface area contributed by atoms with Crippen LogP contribution in [0.1, 0.15) is 22.7 Å². The Morgan fingerprint density at radius 1 is 1.50 bits per heavy atom. The van der Waals surface area contributed by atoms with E-state index in [4.69, 9.17) is 0 Å². The molecule has 0 saturated carbocycles. The molecule has 0 spiro atoms. The molecule has 0 aromatic heterocycles.